The predicted octanol–water partition coefficient (Wildman–Crippen LogP) is 2.00. The molecule has 2 amide bonds. The Morgan fingerprint density at radius 2 is 1.89 bits per heavy atom. The molecular weight excluding hydrogens is 392 g/mol. The fourth-order valence-corrected chi connectivity index (χ4v) is 3.52. The number of halogens is 1. The van der Waals surface area contributed by atoms with E-state index >= 15 is 0 Å². The van der Waals surface area contributed by atoms with Crippen LogP contribution in [0.5, 0.6) is 0 Å². The van der Waals surface area contributed by atoms with Crippen LogP contribution in [0.25, 0.3) is 5.52 Å². The summed E-state index contributed by atoms with van der Waals surface area (Å²) in [5.74, 6) is -1.01. The fraction of sp³-hybridized carbons (Fsp3) is 0.118. The van der Waals surface area contributed by atoms with Gasteiger partial charge in [-0.3, -0.25) is 14.0 Å². The number of rotatable bonds is 4. The van der Waals surface area contributed by atoms with Crippen LogP contribution in [0, 0.1) is 0 Å². The molecule has 0 aliphatic rings. The average Bonchev–Trinajstić information content (AvgIpc) is 3.03. The van der Waals surface area contributed by atoms with Crippen molar-refractivity contribution in [1.82, 2.24) is 14.7 Å². The first-order chi connectivity index (χ1) is 12.7. The van der Waals surface area contributed by atoms with Crippen LogP contribution < -0.4 is 10.6 Å². The third-order valence-corrected chi connectivity index (χ3v) is 5.04. The van der Waals surface area contributed by atoms with Gasteiger partial charge in [0.15, 0.2) is 5.69 Å². The number of amides is 2. The minimum absolute atomic E-state index is 0.0486. The number of sulfone groups is 1. The predicted molar refractivity (Wildman–Crippen MR) is 101 cm³/mol. The molecule has 0 saturated carbocycles. The molecule has 0 aliphatic carbocycles. The zero-order valence-electron chi connectivity index (χ0n) is 14.4. The summed E-state index contributed by atoms with van der Waals surface area (Å²) in [5.41, 5.74) is 0.813. The molecular formula is C17H15ClN4O4S. The number of nitrogens with zero attached hydrogens (tertiary/aromatic N) is 2. The molecule has 0 atom stereocenters. The lowest BCUT2D eigenvalue weighted by Crippen LogP contribution is -2.19. The highest BCUT2D eigenvalue weighted by Crippen LogP contribution is 2.22. The molecule has 8 nitrogen and oxygen atoms in total. The van der Waals surface area contributed by atoms with Gasteiger partial charge in [-0.2, -0.15) is 0 Å². The first-order valence-electron chi connectivity index (χ1n) is 7.72. The van der Waals surface area contributed by atoms with Gasteiger partial charge in [-0.1, -0.05) is 17.7 Å². The first-order valence-corrected chi connectivity index (χ1v) is 9.99. The van der Waals surface area contributed by atoms with Crippen LogP contribution in [0.15, 0.2) is 47.8 Å². The lowest BCUT2D eigenvalue weighted by Gasteiger charge is -2.08. The average molecular weight is 407 g/mol. The van der Waals surface area contributed by atoms with E-state index in [4.69, 9.17) is 11.6 Å². The zero-order chi connectivity index (χ0) is 19.8. The van der Waals surface area contributed by atoms with Gasteiger partial charge in [0.25, 0.3) is 11.8 Å². The number of pyridine rings is 1. The Hall–Kier alpha value is -2.91. The maximum absolute atomic E-state index is 12.7. The SMILES string of the molecule is CNC(=O)c1cc(NC(=O)c2nc(S(C)(=O)=O)n3ccccc23)ccc1Cl. The van der Waals surface area contributed by atoms with Gasteiger partial charge < -0.3 is 10.6 Å². The van der Waals surface area contributed by atoms with E-state index < -0.39 is 21.7 Å². The number of fused-ring (bicyclic) bond motifs is 1. The van der Waals surface area contributed by atoms with Crippen LogP contribution in [0.1, 0.15) is 20.8 Å². The van der Waals surface area contributed by atoms with E-state index in [2.05, 4.69) is 15.6 Å². The molecule has 0 spiro atoms. The molecule has 1 aromatic carbocycles. The summed E-state index contributed by atoms with van der Waals surface area (Å²) in [7, 11) is -2.17. The number of benzene rings is 1. The van der Waals surface area contributed by atoms with Gasteiger partial charge in [0.05, 0.1) is 16.1 Å². The molecule has 10 heteroatoms. The Morgan fingerprint density at radius 3 is 2.56 bits per heavy atom. The maximum Gasteiger partial charge on any atom is 0.276 e. The topological polar surface area (TPSA) is 110 Å². The molecule has 2 heterocycles. The van der Waals surface area contributed by atoms with Crippen molar-refractivity contribution < 1.29 is 18.0 Å². The van der Waals surface area contributed by atoms with Crippen LogP contribution in [-0.2, 0) is 9.84 Å². The summed E-state index contributed by atoms with van der Waals surface area (Å²) in [6.45, 7) is 0. The Morgan fingerprint density at radius 1 is 1.15 bits per heavy atom. The van der Waals surface area contributed by atoms with Crippen LogP contribution in [0.2, 0.25) is 5.02 Å². The number of imidazole rings is 1. The highest BCUT2D eigenvalue weighted by Gasteiger charge is 2.23. The third-order valence-electron chi connectivity index (χ3n) is 3.76. The lowest BCUT2D eigenvalue weighted by molar-refractivity contribution is 0.0961. The molecule has 0 unspecified atom stereocenters. The summed E-state index contributed by atoms with van der Waals surface area (Å²) in [6.07, 6.45) is 2.53. The van der Waals surface area contributed by atoms with E-state index in [1.165, 1.54) is 35.8 Å². The van der Waals surface area contributed by atoms with Crippen molar-refractivity contribution in [2.45, 2.75) is 5.16 Å². The molecule has 3 aromatic rings. The molecule has 0 aliphatic heterocycles. The van der Waals surface area contributed by atoms with Crippen molar-refractivity contribution in [3.05, 3.63) is 58.9 Å². The highest BCUT2D eigenvalue weighted by molar-refractivity contribution is 7.90. The Balaban J connectivity index is 2.02. The van der Waals surface area contributed by atoms with Crippen molar-refractivity contribution in [2.75, 3.05) is 18.6 Å². The van der Waals surface area contributed by atoms with E-state index in [9.17, 15) is 18.0 Å². The maximum atomic E-state index is 12.7. The molecule has 0 bridgehead atoms. The smallest absolute Gasteiger partial charge is 0.276 e. The Kier molecular flexibility index (Phi) is 4.90. The second-order valence-electron chi connectivity index (χ2n) is 5.70. The van der Waals surface area contributed by atoms with Gasteiger partial charge >= 0.3 is 0 Å². The highest BCUT2D eigenvalue weighted by atomic mass is 35.5. The summed E-state index contributed by atoms with van der Waals surface area (Å²) in [5, 5.41) is 5.08. The van der Waals surface area contributed by atoms with Gasteiger partial charge in [0.2, 0.25) is 15.0 Å². The number of nitrogens with one attached hydrogen (secondary N) is 2. The van der Waals surface area contributed by atoms with Crippen LogP contribution in [0.4, 0.5) is 5.69 Å². The van der Waals surface area contributed by atoms with Gasteiger partial charge in [0.1, 0.15) is 0 Å². The molecule has 0 saturated heterocycles. The summed E-state index contributed by atoms with van der Waals surface area (Å²) in [6, 6.07) is 9.34. The Labute approximate surface area is 160 Å². The fourth-order valence-electron chi connectivity index (χ4n) is 2.54. The summed E-state index contributed by atoms with van der Waals surface area (Å²) in [4.78, 5) is 28.5. The van der Waals surface area contributed by atoms with Crippen molar-refractivity contribution in [3.63, 3.8) is 0 Å². The third kappa shape index (κ3) is 3.64. The van der Waals surface area contributed by atoms with E-state index in [1.807, 2.05) is 0 Å². The number of carbonyl (C=O) groups is 2. The minimum atomic E-state index is -3.64. The van der Waals surface area contributed by atoms with Gasteiger partial charge in [-0.15, -0.1) is 0 Å². The van der Waals surface area contributed by atoms with Crippen molar-refractivity contribution in [1.29, 1.82) is 0 Å². The molecule has 2 aromatic heterocycles. The van der Waals surface area contributed by atoms with E-state index in [1.54, 1.807) is 18.2 Å². The Bertz CT molecular complexity index is 1170. The van der Waals surface area contributed by atoms with E-state index in [0.29, 0.717) is 11.2 Å². The largest absolute Gasteiger partial charge is 0.355 e. The molecule has 2 N–H and O–H groups in total. The van der Waals surface area contributed by atoms with Crippen LogP contribution in [0.3, 0.4) is 0 Å². The minimum Gasteiger partial charge on any atom is -0.355 e. The van der Waals surface area contributed by atoms with Gasteiger partial charge in [-0.05, 0) is 30.3 Å². The van der Waals surface area contributed by atoms with Crippen LogP contribution >= 0.6 is 11.6 Å². The van der Waals surface area contributed by atoms with Crippen molar-refractivity contribution in [3.8, 4) is 0 Å². The van der Waals surface area contributed by atoms with Crippen molar-refractivity contribution >= 4 is 44.5 Å². The summed E-state index contributed by atoms with van der Waals surface area (Å²) >= 11 is 6.00. The molecule has 0 fully saturated rings. The summed E-state index contributed by atoms with van der Waals surface area (Å²) < 4.78 is 25.2. The van der Waals surface area contributed by atoms with E-state index in [-0.39, 0.29) is 21.4 Å². The van der Waals surface area contributed by atoms with Gasteiger partial charge in [-0.25, -0.2) is 13.4 Å². The lowest BCUT2D eigenvalue weighted by atomic mass is 10.2. The molecule has 27 heavy (non-hydrogen) atoms. The van der Waals surface area contributed by atoms with Gasteiger partial charge in [0, 0.05) is 25.2 Å². The first kappa shape index (κ1) is 18.9. The number of anilines is 1. The second-order valence-corrected chi connectivity index (χ2v) is 8.02. The number of aromatic nitrogens is 2. The molecule has 3 rings (SSSR count). The van der Waals surface area contributed by atoms with Crippen molar-refractivity contribution in [2.24, 2.45) is 0 Å². The zero-order valence-corrected chi connectivity index (χ0v) is 15.9. The number of hydrogen-bond acceptors (Lipinski definition) is 5. The molecule has 0 radical (unpaired) electrons. The monoisotopic (exact) mass is 406 g/mol. The standard InChI is InChI=1S/C17H15ClN4O4S/c1-19-15(23)11-9-10(6-7-12(11)18)20-16(24)14-13-5-3-4-8-22(13)17(21-14)27(2,25)26/h3-9H,1-2H3,(H,19,23)(H,20,24). The van der Waals surface area contributed by atoms with E-state index in [0.717, 1.165) is 6.26 Å². The number of carbonyl (C=O) groups excluding carboxylic acids is 2. The number of hydrogen-bond donors (Lipinski definition) is 2. The normalized spacial score (nSPS) is 11.4. The van der Waals surface area contributed by atoms with Crippen LogP contribution in [-0.4, -0.2) is 42.9 Å². The second kappa shape index (κ2) is 7.01. The molecule has 140 valence electrons. The quantitative estimate of drug-likeness (QED) is 0.688.